The first kappa shape index (κ1) is 13.4. The Morgan fingerprint density at radius 2 is 2.05 bits per heavy atom. The van der Waals surface area contributed by atoms with E-state index in [2.05, 4.69) is 5.32 Å². The third-order valence-corrected chi connectivity index (χ3v) is 2.71. The predicted molar refractivity (Wildman–Crippen MR) is 71.9 cm³/mol. The number of rotatable bonds is 3. The minimum atomic E-state index is -0.548. The van der Waals surface area contributed by atoms with Gasteiger partial charge in [-0.25, -0.2) is 4.39 Å². The second-order valence-corrected chi connectivity index (χ2v) is 4.46. The fourth-order valence-corrected chi connectivity index (χ4v) is 1.81. The van der Waals surface area contributed by atoms with Crippen LogP contribution in [0.4, 0.5) is 10.1 Å². The van der Waals surface area contributed by atoms with Crippen molar-refractivity contribution in [1.82, 2.24) is 0 Å². The Morgan fingerprint density at radius 3 is 2.79 bits per heavy atom. The fourth-order valence-electron chi connectivity index (χ4n) is 1.64. The zero-order chi connectivity index (χ0) is 13.8. The molecule has 0 atom stereocenters. The van der Waals surface area contributed by atoms with Gasteiger partial charge in [-0.3, -0.25) is 4.79 Å². The van der Waals surface area contributed by atoms with E-state index in [0.717, 1.165) is 0 Å². The molecular formula is C14H11ClFNO2. The van der Waals surface area contributed by atoms with Crippen LogP contribution < -0.4 is 5.32 Å². The number of nitrogens with one attached hydrogen (secondary N) is 1. The molecular weight excluding hydrogens is 269 g/mol. The summed E-state index contributed by atoms with van der Waals surface area (Å²) in [7, 11) is 0. The van der Waals surface area contributed by atoms with Gasteiger partial charge in [-0.05, 0) is 35.9 Å². The molecule has 98 valence electrons. The molecule has 0 heterocycles. The quantitative estimate of drug-likeness (QED) is 0.905. The highest BCUT2D eigenvalue weighted by molar-refractivity contribution is 6.30. The first-order valence-electron chi connectivity index (χ1n) is 5.57. The molecule has 2 aromatic rings. The van der Waals surface area contributed by atoms with Crippen LogP contribution in [-0.2, 0) is 11.2 Å². The van der Waals surface area contributed by atoms with Crippen LogP contribution in [-0.4, -0.2) is 11.0 Å². The zero-order valence-electron chi connectivity index (χ0n) is 9.86. The van der Waals surface area contributed by atoms with Crippen molar-refractivity contribution in [2.45, 2.75) is 6.42 Å². The summed E-state index contributed by atoms with van der Waals surface area (Å²) in [5, 5.41) is 12.1. The number of anilines is 1. The molecule has 0 radical (unpaired) electrons. The van der Waals surface area contributed by atoms with Gasteiger partial charge in [0.1, 0.15) is 11.6 Å². The van der Waals surface area contributed by atoms with Crippen molar-refractivity contribution < 1.29 is 14.3 Å². The van der Waals surface area contributed by atoms with Crippen LogP contribution in [0.5, 0.6) is 5.75 Å². The lowest BCUT2D eigenvalue weighted by atomic mass is 10.1. The van der Waals surface area contributed by atoms with E-state index in [1.54, 1.807) is 12.1 Å². The van der Waals surface area contributed by atoms with E-state index in [-0.39, 0.29) is 23.8 Å². The molecule has 0 aliphatic carbocycles. The van der Waals surface area contributed by atoms with E-state index in [0.29, 0.717) is 10.6 Å². The normalized spacial score (nSPS) is 10.2. The number of benzene rings is 2. The molecule has 2 N–H and O–H groups in total. The Balaban J connectivity index is 2.07. The van der Waals surface area contributed by atoms with Crippen molar-refractivity contribution in [1.29, 1.82) is 0 Å². The van der Waals surface area contributed by atoms with Gasteiger partial charge in [-0.15, -0.1) is 0 Å². The Bertz CT molecular complexity index is 616. The summed E-state index contributed by atoms with van der Waals surface area (Å²) in [5.74, 6) is -0.848. The van der Waals surface area contributed by atoms with Crippen LogP contribution in [0.1, 0.15) is 5.56 Å². The van der Waals surface area contributed by atoms with E-state index in [1.807, 2.05) is 0 Å². The molecule has 2 aromatic carbocycles. The molecule has 0 spiro atoms. The predicted octanol–water partition coefficient (Wildman–Crippen LogP) is 3.37. The number of hydrogen-bond donors (Lipinski definition) is 2. The van der Waals surface area contributed by atoms with Gasteiger partial charge in [0, 0.05) is 5.02 Å². The molecule has 0 bridgehead atoms. The van der Waals surface area contributed by atoms with Crippen LogP contribution in [0.2, 0.25) is 5.02 Å². The smallest absolute Gasteiger partial charge is 0.228 e. The molecule has 0 saturated carbocycles. The van der Waals surface area contributed by atoms with Crippen molar-refractivity contribution in [3.05, 3.63) is 58.9 Å². The average molecular weight is 280 g/mol. The maximum atomic E-state index is 13.4. The molecule has 3 nitrogen and oxygen atoms in total. The summed E-state index contributed by atoms with van der Waals surface area (Å²) in [6.45, 7) is 0. The number of carbonyl (C=O) groups excluding carboxylic acids is 1. The Labute approximate surface area is 114 Å². The number of amides is 1. The molecule has 0 aliphatic rings. The van der Waals surface area contributed by atoms with Crippen molar-refractivity contribution in [3.8, 4) is 5.75 Å². The van der Waals surface area contributed by atoms with Gasteiger partial charge >= 0.3 is 0 Å². The maximum absolute atomic E-state index is 13.4. The van der Waals surface area contributed by atoms with Crippen molar-refractivity contribution in [2.24, 2.45) is 0 Å². The largest absolute Gasteiger partial charge is 0.508 e. The SMILES string of the molecule is O=C(Cc1cccc(O)c1)Nc1cc(Cl)ccc1F. The topological polar surface area (TPSA) is 49.3 Å². The molecule has 0 unspecified atom stereocenters. The third-order valence-electron chi connectivity index (χ3n) is 2.48. The summed E-state index contributed by atoms with van der Waals surface area (Å²) in [5.41, 5.74) is 0.678. The van der Waals surface area contributed by atoms with Gasteiger partial charge in [-0.2, -0.15) is 0 Å². The van der Waals surface area contributed by atoms with Crippen LogP contribution in [0.25, 0.3) is 0 Å². The van der Waals surface area contributed by atoms with Crippen LogP contribution in [0.15, 0.2) is 42.5 Å². The first-order valence-corrected chi connectivity index (χ1v) is 5.95. The first-order chi connectivity index (χ1) is 9.04. The van der Waals surface area contributed by atoms with E-state index in [4.69, 9.17) is 11.6 Å². The lowest BCUT2D eigenvalue weighted by molar-refractivity contribution is -0.115. The van der Waals surface area contributed by atoms with Crippen molar-refractivity contribution >= 4 is 23.2 Å². The van der Waals surface area contributed by atoms with E-state index in [9.17, 15) is 14.3 Å². The van der Waals surface area contributed by atoms with Gasteiger partial charge in [0.2, 0.25) is 5.91 Å². The lowest BCUT2D eigenvalue weighted by Crippen LogP contribution is -2.15. The van der Waals surface area contributed by atoms with Crippen molar-refractivity contribution in [3.63, 3.8) is 0 Å². The Morgan fingerprint density at radius 1 is 1.26 bits per heavy atom. The molecule has 19 heavy (non-hydrogen) atoms. The lowest BCUT2D eigenvalue weighted by Gasteiger charge is -2.07. The van der Waals surface area contributed by atoms with Gasteiger partial charge < -0.3 is 10.4 Å². The van der Waals surface area contributed by atoms with E-state index < -0.39 is 5.82 Å². The molecule has 0 fully saturated rings. The van der Waals surface area contributed by atoms with Gasteiger partial charge in [0.05, 0.1) is 12.1 Å². The van der Waals surface area contributed by atoms with E-state index in [1.165, 1.54) is 30.3 Å². The molecule has 0 aliphatic heterocycles. The molecule has 0 saturated heterocycles. The monoisotopic (exact) mass is 279 g/mol. The number of halogens is 2. The summed E-state index contributed by atoms with van der Waals surface area (Å²) < 4.78 is 13.4. The minimum absolute atomic E-state index is 0.0395. The number of aromatic hydroxyl groups is 1. The molecule has 5 heteroatoms. The average Bonchev–Trinajstić information content (AvgIpc) is 2.34. The highest BCUT2D eigenvalue weighted by atomic mass is 35.5. The third kappa shape index (κ3) is 3.69. The summed E-state index contributed by atoms with van der Waals surface area (Å²) >= 11 is 5.73. The minimum Gasteiger partial charge on any atom is -0.508 e. The second kappa shape index (κ2) is 5.71. The number of hydrogen-bond acceptors (Lipinski definition) is 2. The van der Waals surface area contributed by atoms with Crippen LogP contribution in [0, 0.1) is 5.82 Å². The maximum Gasteiger partial charge on any atom is 0.228 e. The fraction of sp³-hybridized carbons (Fsp3) is 0.0714. The van der Waals surface area contributed by atoms with Crippen LogP contribution >= 0.6 is 11.6 Å². The summed E-state index contributed by atoms with van der Waals surface area (Å²) in [6, 6.07) is 10.3. The van der Waals surface area contributed by atoms with Crippen LogP contribution in [0.3, 0.4) is 0 Å². The number of phenolic OH excluding ortho intramolecular Hbond substituents is 1. The zero-order valence-corrected chi connectivity index (χ0v) is 10.6. The van der Waals surface area contributed by atoms with Gasteiger partial charge in [-0.1, -0.05) is 23.7 Å². The molecule has 1 amide bonds. The highest BCUT2D eigenvalue weighted by Gasteiger charge is 2.08. The Hall–Kier alpha value is -2.07. The number of phenols is 1. The highest BCUT2D eigenvalue weighted by Crippen LogP contribution is 2.20. The summed E-state index contributed by atoms with van der Waals surface area (Å²) in [6.07, 6.45) is 0.0420. The van der Waals surface area contributed by atoms with Gasteiger partial charge in [0.25, 0.3) is 0 Å². The molecule has 2 rings (SSSR count). The number of carbonyl (C=O) groups is 1. The standard InChI is InChI=1S/C14H11ClFNO2/c15-10-4-5-12(16)13(8-10)17-14(19)7-9-2-1-3-11(18)6-9/h1-6,8,18H,7H2,(H,17,19). The van der Waals surface area contributed by atoms with Gasteiger partial charge in [0.15, 0.2) is 0 Å². The Kier molecular flexibility index (Phi) is 4.02. The second-order valence-electron chi connectivity index (χ2n) is 4.02. The van der Waals surface area contributed by atoms with E-state index >= 15 is 0 Å². The summed E-state index contributed by atoms with van der Waals surface area (Å²) in [4.78, 5) is 11.8. The van der Waals surface area contributed by atoms with Crippen molar-refractivity contribution in [2.75, 3.05) is 5.32 Å². The molecule has 0 aromatic heterocycles.